The van der Waals surface area contributed by atoms with Crippen LogP contribution in [0.25, 0.3) is 0 Å². The average Bonchev–Trinajstić information content (AvgIpc) is 2.57. The fourth-order valence-electron chi connectivity index (χ4n) is 2.98. The Morgan fingerprint density at radius 3 is 2.76 bits per heavy atom. The summed E-state index contributed by atoms with van der Waals surface area (Å²) in [4.78, 5) is 11.0. The zero-order valence-corrected chi connectivity index (χ0v) is 12.4. The van der Waals surface area contributed by atoms with Crippen molar-refractivity contribution in [2.75, 3.05) is 13.7 Å². The van der Waals surface area contributed by atoms with Crippen LogP contribution in [0.5, 0.6) is 5.75 Å². The summed E-state index contributed by atoms with van der Waals surface area (Å²) < 4.78 is 5.22. The van der Waals surface area contributed by atoms with E-state index in [1.807, 2.05) is 24.4 Å². The van der Waals surface area contributed by atoms with Gasteiger partial charge in [0.2, 0.25) is 0 Å². The second-order valence-electron chi connectivity index (χ2n) is 5.46. The lowest BCUT2D eigenvalue weighted by atomic mass is 9.98. The van der Waals surface area contributed by atoms with Crippen molar-refractivity contribution in [2.45, 2.75) is 31.8 Å². The lowest BCUT2D eigenvalue weighted by Crippen LogP contribution is -2.33. The SMILES string of the molecule is COc1ccc(CN2CCCCC2c2ccncn2)cc1. The van der Waals surface area contributed by atoms with Gasteiger partial charge < -0.3 is 4.74 Å². The number of ether oxygens (including phenoxy) is 1. The minimum atomic E-state index is 0.406. The normalized spacial score (nSPS) is 19.4. The van der Waals surface area contributed by atoms with Gasteiger partial charge in [-0.05, 0) is 43.1 Å². The largest absolute Gasteiger partial charge is 0.497 e. The molecule has 4 nitrogen and oxygen atoms in total. The fraction of sp³-hybridized carbons (Fsp3) is 0.412. The van der Waals surface area contributed by atoms with Gasteiger partial charge in [0.25, 0.3) is 0 Å². The third kappa shape index (κ3) is 3.39. The molecule has 0 aliphatic carbocycles. The molecule has 0 spiro atoms. The van der Waals surface area contributed by atoms with Crippen LogP contribution in [0, 0.1) is 0 Å². The van der Waals surface area contributed by atoms with Crippen LogP contribution < -0.4 is 4.74 Å². The molecule has 1 saturated heterocycles. The maximum absolute atomic E-state index is 5.22. The average molecular weight is 283 g/mol. The van der Waals surface area contributed by atoms with Crippen molar-refractivity contribution in [2.24, 2.45) is 0 Å². The van der Waals surface area contributed by atoms with E-state index in [0.717, 1.165) is 24.5 Å². The Hall–Kier alpha value is -1.94. The molecule has 2 aromatic rings. The molecule has 3 rings (SSSR count). The Morgan fingerprint density at radius 1 is 1.19 bits per heavy atom. The topological polar surface area (TPSA) is 38.2 Å². The number of piperidine rings is 1. The van der Waals surface area contributed by atoms with Crippen LogP contribution in [0.3, 0.4) is 0 Å². The number of benzene rings is 1. The third-order valence-electron chi connectivity index (χ3n) is 4.10. The molecule has 0 amide bonds. The second kappa shape index (κ2) is 6.68. The van der Waals surface area contributed by atoms with Gasteiger partial charge in [-0.2, -0.15) is 0 Å². The molecule has 1 unspecified atom stereocenters. The monoisotopic (exact) mass is 283 g/mol. The van der Waals surface area contributed by atoms with Gasteiger partial charge in [0, 0.05) is 12.7 Å². The maximum atomic E-state index is 5.22. The van der Waals surface area contributed by atoms with Crippen molar-refractivity contribution in [1.29, 1.82) is 0 Å². The van der Waals surface area contributed by atoms with Crippen LogP contribution >= 0.6 is 0 Å². The van der Waals surface area contributed by atoms with Crippen LogP contribution in [0.1, 0.15) is 36.6 Å². The van der Waals surface area contributed by atoms with E-state index in [4.69, 9.17) is 4.74 Å². The first-order valence-corrected chi connectivity index (χ1v) is 7.50. The summed E-state index contributed by atoms with van der Waals surface area (Å²) in [6.45, 7) is 2.08. The van der Waals surface area contributed by atoms with Crippen molar-refractivity contribution >= 4 is 0 Å². The molecule has 0 bridgehead atoms. The van der Waals surface area contributed by atoms with Gasteiger partial charge in [-0.15, -0.1) is 0 Å². The lowest BCUT2D eigenvalue weighted by molar-refractivity contribution is 0.137. The summed E-state index contributed by atoms with van der Waals surface area (Å²) >= 11 is 0. The Bertz CT molecular complexity index is 556. The molecule has 2 heterocycles. The summed E-state index contributed by atoms with van der Waals surface area (Å²) in [6.07, 6.45) is 7.19. The molecule has 0 N–H and O–H groups in total. The summed E-state index contributed by atoms with van der Waals surface area (Å²) in [6, 6.07) is 10.8. The first-order valence-electron chi connectivity index (χ1n) is 7.50. The molecule has 0 saturated carbocycles. The smallest absolute Gasteiger partial charge is 0.118 e. The number of rotatable bonds is 4. The number of nitrogens with zero attached hydrogens (tertiary/aromatic N) is 3. The molecule has 1 aliphatic heterocycles. The van der Waals surface area contributed by atoms with Gasteiger partial charge in [0.15, 0.2) is 0 Å². The third-order valence-corrected chi connectivity index (χ3v) is 4.10. The standard InChI is InChI=1S/C17H21N3O/c1-21-15-7-5-14(6-8-15)12-20-11-3-2-4-17(20)16-9-10-18-13-19-16/h5-10,13,17H,2-4,11-12H2,1H3. The number of hydrogen-bond acceptors (Lipinski definition) is 4. The predicted molar refractivity (Wildman–Crippen MR) is 82.0 cm³/mol. The predicted octanol–water partition coefficient (Wildman–Crippen LogP) is 3.21. The molecular formula is C17H21N3O. The summed E-state index contributed by atoms with van der Waals surface area (Å²) in [5.74, 6) is 0.907. The van der Waals surface area contributed by atoms with Gasteiger partial charge in [-0.1, -0.05) is 18.6 Å². The van der Waals surface area contributed by atoms with Gasteiger partial charge in [0.05, 0.1) is 18.8 Å². The van der Waals surface area contributed by atoms with E-state index in [1.165, 1.54) is 24.8 Å². The van der Waals surface area contributed by atoms with Gasteiger partial charge >= 0.3 is 0 Å². The van der Waals surface area contributed by atoms with Crippen molar-refractivity contribution in [3.8, 4) is 5.75 Å². The van der Waals surface area contributed by atoms with Gasteiger partial charge in [0.1, 0.15) is 12.1 Å². The Labute approximate surface area is 125 Å². The first kappa shape index (κ1) is 14.0. The minimum Gasteiger partial charge on any atom is -0.497 e. The quantitative estimate of drug-likeness (QED) is 0.863. The molecule has 0 radical (unpaired) electrons. The zero-order valence-electron chi connectivity index (χ0n) is 12.4. The van der Waals surface area contributed by atoms with Crippen LogP contribution in [-0.2, 0) is 6.54 Å². The molecule has 1 fully saturated rings. The van der Waals surface area contributed by atoms with Crippen LogP contribution in [0.2, 0.25) is 0 Å². The van der Waals surface area contributed by atoms with Crippen molar-refractivity contribution in [3.05, 3.63) is 54.1 Å². The highest BCUT2D eigenvalue weighted by atomic mass is 16.5. The zero-order chi connectivity index (χ0) is 14.5. The van der Waals surface area contributed by atoms with E-state index in [-0.39, 0.29) is 0 Å². The first-order chi connectivity index (χ1) is 10.4. The molecule has 1 atom stereocenters. The van der Waals surface area contributed by atoms with Crippen molar-refractivity contribution < 1.29 is 4.74 Å². The van der Waals surface area contributed by atoms with E-state index < -0.39 is 0 Å². The number of hydrogen-bond donors (Lipinski definition) is 0. The van der Waals surface area contributed by atoms with E-state index >= 15 is 0 Å². The molecule has 110 valence electrons. The van der Waals surface area contributed by atoms with E-state index in [0.29, 0.717) is 6.04 Å². The van der Waals surface area contributed by atoms with E-state index in [2.05, 4.69) is 27.0 Å². The fourth-order valence-corrected chi connectivity index (χ4v) is 2.98. The number of likely N-dealkylation sites (tertiary alicyclic amines) is 1. The number of methoxy groups -OCH3 is 1. The maximum Gasteiger partial charge on any atom is 0.118 e. The lowest BCUT2D eigenvalue weighted by Gasteiger charge is -2.35. The molecule has 1 aromatic carbocycles. The van der Waals surface area contributed by atoms with Crippen molar-refractivity contribution in [3.63, 3.8) is 0 Å². The highest BCUT2D eigenvalue weighted by molar-refractivity contribution is 5.27. The van der Waals surface area contributed by atoms with Crippen LogP contribution in [-0.4, -0.2) is 28.5 Å². The Morgan fingerprint density at radius 2 is 2.05 bits per heavy atom. The molecule has 1 aromatic heterocycles. The van der Waals surface area contributed by atoms with Crippen molar-refractivity contribution in [1.82, 2.24) is 14.9 Å². The minimum absolute atomic E-state index is 0.406. The summed E-state index contributed by atoms with van der Waals surface area (Å²) in [5, 5.41) is 0. The Balaban J connectivity index is 1.75. The molecule has 4 heteroatoms. The van der Waals surface area contributed by atoms with E-state index in [9.17, 15) is 0 Å². The summed E-state index contributed by atoms with van der Waals surface area (Å²) in [7, 11) is 1.70. The highest BCUT2D eigenvalue weighted by Crippen LogP contribution is 2.30. The van der Waals surface area contributed by atoms with Crippen LogP contribution in [0.4, 0.5) is 0 Å². The van der Waals surface area contributed by atoms with Gasteiger partial charge in [-0.25, -0.2) is 9.97 Å². The van der Waals surface area contributed by atoms with Crippen LogP contribution in [0.15, 0.2) is 42.9 Å². The molecular weight excluding hydrogens is 262 g/mol. The highest BCUT2D eigenvalue weighted by Gasteiger charge is 2.24. The number of aromatic nitrogens is 2. The molecule has 1 aliphatic rings. The van der Waals surface area contributed by atoms with Gasteiger partial charge in [-0.3, -0.25) is 4.90 Å². The summed E-state index contributed by atoms with van der Waals surface area (Å²) in [5.41, 5.74) is 2.45. The second-order valence-corrected chi connectivity index (χ2v) is 5.46. The molecule has 21 heavy (non-hydrogen) atoms. The van der Waals surface area contributed by atoms with E-state index in [1.54, 1.807) is 13.4 Å². The Kier molecular flexibility index (Phi) is 4.46.